The summed E-state index contributed by atoms with van der Waals surface area (Å²) in [5.41, 5.74) is 0.612. The molecular formula is C15H16ClNO6. The maximum atomic E-state index is 11.8. The molecule has 124 valence electrons. The van der Waals surface area contributed by atoms with Crippen molar-refractivity contribution in [3.05, 3.63) is 40.9 Å². The summed E-state index contributed by atoms with van der Waals surface area (Å²) < 4.78 is 8.99. The Morgan fingerprint density at radius 2 is 1.96 bits per heavy atom. The van der Waals surface area contributed by atoms with E-state index in [0.717, 1.165) is 12.2 Å². The molecule has 1 aromatic rings. The molecule has 0 aromatic heterocycles. The predicted molar refractivity (Wildman–Crippen MR) is 81.9 cm³/mol. The van der Waals surface area contributed by atoms with Crippen LogP contribution >= 0.6 is 11.6 Å². The van der Waals surface area contributed by atoms with Gasteiger partial charge in [0.1, 0.15) is 11.8 Å². The highest BCUT2D eigenvalue weighted by Gasteiger charge is 2.21. The van der Waals surface area contributed by atoms with Crippen molar-refractivity contribution < 1.29 is 29.0 Å². The molecule has 1 aromatic carbocycles. The molecule has 1 amide bonds. The first-order valence-electron chi connectivity index (χ1n) is 6.49. The molecule has 0 saturated carbocycles. The number of benzene rings is 1. The summed E-state index contributed by atoms with van der Waals surface area (Å²) in [6.07, 6.45) is 1.98. The first kappa shape index (κ1) is 18.5. The number of phenolic OH excluding ortho intramolecular Hbond substituents is 1. The molecule has 0 spiro atoms. The van der Waals surface area contributed by atoms with Crippen LogP contribution in [-0.4, -0.2) is 43.2 Å². The van der Waals surface area contributed by atoms with Gasteiger partial charge in [0.25, 0.3) is 0 Å². The van der Waals surface area contributed by atoms with Gasteiger partial charge in [0.2, 0.25) is 5.91 Å². The van der Waals surface area contributed by atoms with E-state index < -0.39 is 23.9 Å². The van der Waals surface area contributed by atoms with Gasteiger partial charge in [-0.15, -0.1) is 0 Å². The van der Waals surface area contributed by atoms with E-state index in [9.17, 15) is 19.5 Å². The van der Waals surface area contributed by atoms with Crippen molar-refractivity contribution in [2.24, 2.45) is 0 Å². The summed E-state index contributed by atoms with van der Waals surface area (Å²) in [6, 6.07) is 3.44. The number of nitrogens with one attached hydrogen (secondary N) is 1. The number of rotatable bonds is 6. The van der Waals surface area contributed by atoms with E-state index in [1.807, 2.05) is 0 Å². The van der Waals surface area contributed by atoms with Gasteiger partial charge in [-0.05, 0) is 17.7 Å². The molecule has 1 atom stereocenters. The molecule has 0 heterocycles. The number of carbonyl (C=O) groups is 3. The van der Waals surface area contributed by atoms with Crippen molar-refractivity contribution >= 4 is 29.4 Å². The van der Waals surface area contributed by atoms with Crippen molar-refractivity contribution in [3.8, 4) is 5.75 Å². The van der Waals surface area contributed by atoms with Crippen LogP contribution in [0.3, 0.4) is 0 Å². The fourth-order valence-electron chi connectivity index (χ4n) is 1.68. The van der Waals surface area contributed by atoms with E-state index in [2.05, 4.69) is 14.8 Å². The lowest BCUT2D eigenvalue weighted by Gasteiger charge is -2.16. The van der Waals surface area contributed by atoms with Crippen LogP contribution in [0.15, 0.2) is 30.4 Å². The van der Waals surface area contributed by atoms with E-state index in [1.54, 1.807) is 6.07 Å². The minimum atomic E-state index is -0.976. The van der Waals surface area contributed by atoms with Crippen LogP contribution in [0, 0.1) is 0 Å². The number of methoxy groups -OCH3 is 2. The van der Waals surface area contributed by atoms with Crippen LogP contribution in [0.1, 0.15) is 5.56 Å². The van der Waals surface area contributed by atoms with E-state index in [1.165, 1.54) is 26.4 Å². The van der Waals surface area contributed by atoms with Gasteiger partial charge >= 0.3 is 11.9 Å². The van der Waals surface area contributed by atoms with Crippen molar-refractivity contribution in [3.63, 3.8) is 0 Å². The number of carbonyl (C=O) groups excluding carboxylic acids is 3. The zero-order valence-electron chi connectivity index (χ0n) is 12.5. The Morgan fingerprint density at radius 1 is 1.26 bits per heavy atom. The van der Waals surface area contributed by atoms with Crippen molar-refractivity contribution in [1.29, 1.82) is 0 Å². The first-order valence-corrected chi connectivity index (χ1v) is 6.87. The van der Waals surface area contributed by atoms with Crippen LogP contribution in [0.25, 0.3) is 0 Å². The summed E-state index contributed by atoms with van der Waals surface area (Å²) in [4.78, 5) is 34.4. The Bertz CT molecular complexity index is 628. The lowest BCUT2D eigenvalue weighted by molar-refractivity contribution is -0.144. The SMILES string of the molecule is COC(=O)/C=C/C(=O)N[C@H](Cc1ccc(O)c(Cl)c1)C(=O)OC. The second-order valence-corrected chi connectivity index (χ2v) is 4.84. The third kappa shape index (κ3) is 5.99. The number of ether oxygens (including phenoxy) is 2. The molecule has 1 rings (SSSR count). The monoisotopic (exact) mass is 341 g/mol. The lowest BCUT2D eigenvalue weighted by Crippen LogP contribution is -2.42. The molecule has 0 aliphatic rings. The predicted octanol–water partition coefficient (Wildman–Crippen LogP) is 0.975. The van der Waals surface area contributed by atoms with Gasteiger partial charge in [0, 0.05) is 18.6 Å². The second kappa shape index (κ2) is 8.79. The van der Waals surface area contributed by atoms with Crippen molar-refractivity contribution in [2.75, 3.05) is 14.2 Å². The lowest BCUT2D eigenvalue weighted by atomic mass is 10.1. The normalized spacial score (nSPS) is 11.8. The smallest absolute Gasteiger partial charge is 0.330 e. The van der Waals surface area contributed by atoms with Gasteiger partial charge in [-0.1, -0.05) is 17.7 Å². The number of esters is 2. The third-order valence-electron chi connectivity index (χ3n) is 2.83. The molecular weight excluding hydrogens is 326 g/mol. The van der Waals surface area contributed by atoms with Crippen LogP contribution in [0.2, 0.25) is 5.02 Å². The molecule has 8 heteroatoms. The zero-order valence-corrected chi connectivity index (χ0v) is 13.3. The minimum absolute atomic E-state index is 0.0879. The largest absolute Gasteiger partial charge is 0.506 e. The van der Waals surface area contributed by atoms with Crippen LogP contribution in [0.4, 0.5) is 0 Å². The van der Waals surface area contributed by atoms with Gasteiger partial charge in [0.15, 0.2) is 0 Å². The molecule has 0 aliphatic carbocycles. The minimum Gasteiger partial charge on any atom is -0.506 e. The molecule has 0 bridgehead atoms. The first-order chi connectivity index (χ1) is 10.9. The standard InChI is InChI=1S/C15H16ClNO6/c1-22-14(20)6-5-13(19)17-11(15(21)23-2)8-9-3-4-12(18)10(16)7-9/h3-7,11,18H,8H2,1-2H3,(H,17,19)/b6-5+/t11-/m1/s1. The summed E-state index contributed by atoms with van der Waals surface area (Å²) in [6.45, 7) is 0. The van der Waals surface area contributed by atoms with Gasteiger partial charge in [-0.25, -0.2) is 9.59 Å². The summed E-state index contributed by atoms with van der Waals surface area (Å²) in [7, 11) is 2.37. The fraction of sp³-hybridized carbons (Fsp3) is 0.267. The van der Waals surface area contributed by atoms with E-state index in [-0.39, 0.29) is 17.2 Å². The van der Waals surface area contributed by atoms with Crippen molar-refractivity contribution in [1.82, 2.24) is 5.32 Å². The highest BCUT2D eigenvalue weighted by atomic mass is 35.5. The molecule has 0 unspecified atom stereocenters. The molecule has 0 radical (unpaired) electrons. The molecule has 0 saturated heterocycles. The Balaban J connectivity index is 2.82. The molecule has 0 fully saturated rings. The van der Waals surface area contributed by atoms with Crippen LogP contribution in [-0.2, 0) is 30.3 Å². The number of hydrogen-bond donors (Lipinski definition) is 2. The Morgan fingerprint density at radius 3 is 2.52 bits per heavy atom. The Kier molecular flexibility index (Phi) is 7.08. The topological polar surface area (TPSA) is 102 Å². The number of aromatic hydroxyl groups is 1. The van der Waals surface area contributed by atoms with Gasteiger partial charge in [0.05, 0.1) is 19.2 Å². The van der Waals surface area contributed by atoms with Gasteiger partial charge < -0.3 is 19.9 Å². The Hall–Kier alpha value is -2.54. The van der Waals surface area contributed by atoms with E-state index >= 15 is 0 Å². The number of hydrogen-bond acceptors (Lipinski definition) is 6. The quantitative estimate of drug-likeness (QED) is 0.590. The number of phenols is 1. The maximum absolute atomic E-state index is 11.8. The van der Waals surface area contributed by atoms with Crippen LogP contribution < -0.4 is 5.32 Å². The van der Waals surface area contributed by atoms with Gasteiger partial charge in [-0.3, -0.25) is 4.79 Å². The summed E-state index contributed by atoms with van der Waals surface area (Å²) in [5, 5.41) is 11.9. The highest BCUT2D eigenvalue weighted by Crippen LogP contribution is 2.24. The average molecular weight is 342 g/mol. The van der Waals surface area contributed by atoms with E-state index in [0.29, 0.717) is 5.56 Å². The maximum Gasteiger partial charge on any atom is 0.330 e. The third-order valence-corrected chi connectivity index (χ3v) is 3.13. The molecule has 23 heavy (non-hydrogen) atoms. The summed E-state index contributed by atoms with van der Waals surface area (Å²) >= 11 is 5.80. The molecule has 0 aliphatic heterocycles. The average Bonchev–Trinajstić information content (AvgIpc) is 2.54. The zero-order chi connectivity index (χ0) is 17.4. The van der Waals surface area contributed by atoms with E-state index in [4.69, 9.17) is 11.6 Å². The molecule has 2 N–H and O–H groups in total. The summed E-state index contributed by atoms with van der Waals surface area (Å²) in [5.74, 6) is -2.10. The molecule has 7 nitrogen and oxygen atoms in total. The number of halogens is 1. The highest BCUT2D eigenvalue weighted by molar-refractivity contribution is 6.32. The second-order valence-electron chi connectivity index (χ2n) is 4.43. The Labute approximate surface area is 137 Å². The van der Waals surface area contributed by atoms with Gasteiger partial charge in [-0.2, -0.15) is 0 Å². The fourth-order valence-corrected chi connectivity index (χ4v) is 1.88. The van der Waals surface area contributed by atoms with Crippen molar-refractivity contribution in [2.45, 2.75) is 12.5 Å². The number of amides is 1. The van der Waals surface area contributed by atoms with Crippen LogP contribution in [0.5, 0.6) is 5.75 Å².